The van der Waals surface area contributed by atoms with Gasteiger partial charge in [0, 0.05) is 11.9 Å². The van der Waals surface area contributed by atoms with Crippen LogP contribution >= 0.6 is 0 Å². The molecule has 0 aliphatic carbocycles. The molecular formula is C22H22N6O3. The van der Waals surface area contributed by atoms with Crippen LogP contribution in [0.2, 0.25) is 0 Å². The first-order valence-electron chi connectivity index (χ1n) is 9.92. The first-order chi connectivity index (χ1) is 14.9. The zero-order valence-electron chi connectivity index (χ0n) is 17.2. The van der Waals surface area contributed by atoms with Crippen LogP contribution in [0.25, 0.3) is 5.82 Å². The average Bonchev–Trinajstić information content (AvgIpc) is 3.34. The van der Waals surface area contributed by atoms with Crippen LogP contribution in [-0.4, -0.2) is 44.1 Å². The first-order valence-corrected chi connectivity index (χ1v) is 9.92. The normalized spacial score (nSPS) is 13.6. The van der Waals surface area contributed by atoms with Gasteiger partial charge in [-0.15, -0.1) is 0 Å². The molecule has 1 saturated heterocycles. The summed E-state index contributed by atoms with van der Waals surface area (Å²) in [5.74, 6) is 0.109. The van der Waals surface area contributed by atoms with Crippen LogP contribution in [0.4, 0.5) is 10.5 Å². The molecule has 31 heavy (non-hydrogen) atoms. The van der Waals surface area contributed by atoms with Crippen LogP contribution in [0.1, 0.15) is 41.4 Å². The molecule has 0 spiro atoms. The Morgan fingerprint density at radius 3 is 2.71 bits per heavy atom. The minimum atomic E-state index is -0.414. The van der Waals surface area contributed by atoms with E-state index in [-0.39, 0.29) is 30.8 Å². The number of pyridine rings is 1. The molecule has 2 N–H and O–H groups in total. The van der Waals surface area contributed by atoms with Crippen molar-refractivity contribution in [3.8, 4) is 5.82 Å². The van der Waals surface area contributed by atoms with Crippen LogP contribution in [0.15, 0.2) is 54.9 Å². The van der Waals surface area contributed by atoms with Crippen LogP contribution < -0.4 is 10.6 Å². The van der Waals surface area contributed by atoms with Gasteiger partial charge >= 0.3 is 6.03 Å². The lowest BCUT2D eigenvalue weighted by Gasteiger charge is -2.14. The van der Waals surface area contributed by atoms with E-state index in [1.165, 1.54) is 6.20 Å². The Balaban J connectivity index is 1.56. The zero-order chi connectivity index (χ0) is 22.0. The maximum absolute atomic E-state index is 13.0. The Hall–Kier alpha value is -4.01. The number of amides is 4. The molecule has 0 radical (unpaired) electrons. The highest BCUT2D eigenvalue weighted by molar-refractivity contribution is 6.05. The molecule has 4 amide bonds. The van der Waals surface area contributed by atoms with E-state index >= 15 is 0 Å². The summed E-state index contributed by atoms with van der Waals surface area (Å²) >= 11 is 0. The molecule has 3 heterocycles. The van der Waals surface area contributed by atoms with E-state index < -0.39 is 6.03 Å². The maximum Gasteiger partial charge on any atom is 0.324 e. The third-order valence-corrected chi connectivity index (χ3v) is 4.93. The number of nitrogens with one attached hydrogen (secondary N) is 2. The predicted molar refractivity (Wildman–Crippen MR) is 114 cm³/mol. The summed E-state index contributed by atoms with van der Waals surface area (Å²) in [6.07, 6.45) is 3.22. The highest BCUT2D eigenvalue weighted by Crippen LogP contribution is 2.23. The summed E-state index contributed by atoms with van der Waals surface area (Å²) < 4.78 is 1.67. The highest BCUT2D eigenvalue weighted by atomic mass is 16.2. The molecular weight excluding hydrogens is 396 g/mol. The largest absolute Gasteiger partial charge is 0.329 e. The SMILES string of the molecule is CC(C)c1c(C(=O)Nc2cccc(CN3C(=O)CNC3=O)c2)cnn1-c1ccccn1. The highest BCUT2D eigenvalue weighted by Gasteiger charge is 2.28. The van der Waals surface area contributed by atoms with Crippen molar-refractivity contribution in [2.24, 2.45) is 0 Å². The quantitative estimate of drug-likeness (QED) is 0.598. The number of benzene rings is 1. The molecule has 0 saturated carbocycles. The third-order valence-electron chi connectivity index (χ3n) is 4.93. The Kier molecular flexibility index (Phi) is 5.48. The van der Waals surface area contributed by atoms with Crippen molar-refractivity contribution in [3.05, 3.63) is 71.7 Å². The Morgan fingerprint density at radius 2 is 2.03 bits per heavy atom. The Morgan fingerprint density at radius 1 is 1.19 bits per heavy atom. The van der Waals surface area contributed by atoms with Gasteiger partial charge in [-0.3, -0.25) is 14.5 Å². The van der Waals surface area contributed by atoms with Gasteiger partial charge in [-0.1, -0.05) is 32.0 Å². The van der Waals surface area contributed by atoms with Crippen molar-refractivity contribution < 1.29 is 14.4 Å². The number of rotatable bonds is 6. The molecule has 0 unspecified atom stereocenters. The molecule has 9 nitrogen and oxygen atoms in total. The number of hydrogen-bond donors (Lipinski definition) is 2. The second-order valence-electron chi connectivity index (χ2n) is 7.49. The van der Waals surface area contributed by atoms with E-state index in [0.717, 1.165) is 16.2 Å². The van der Waals surface area contributed by atoms with Crippen molar-refractivity contribution >= 4 is 23.5 Å². The third kappa shape index (κ3) is 4.16. The summed E-state index contributed by atoms with van der Waals surface area (Å²) in [7, 11) is 0. The van der Waals surface area contributed by atoms with E-state index in [4.69, 9.17) is 0 Å². The summed E-state index contributed by atoms with van der Waals surface area (Å²) in [5.41, 5.74) is 2.51. The van der Waals surface area contributed by atoms with Gasteiger partial charge in [0.1, 0.15) is 0 Å². The number of anilines is 1. The lowest BCUT2D eigenvalue weighted by atomic mass is 10.1. The maximum atomic E-state index is 13.0. The molecule has 158 valence electrons. The fourth-order valence-electron chi connectivity index (χ4n) is 3.49. The molecule has 1 aliphatic heterocycles. The minimum absolute atomic E-state index is 0.00744. The molecule has 1 aliphatic rings. The molecule has 9 heteroatoms. The Labute approximate surface area is 179 Å². The lowest BCUT2D eigenvalue weighted by Crippen LogP contribution is -2.30. The van der Waals surface area contributed by atoms with Crippen molar-refractivity contribution in [2.45, 2.75) is 26.3 Å². The van der Waals surface area contributed by atoms with Crippen LogP contribution in [0.5, 0.6) is 0 Å². The summed E-state index contributed by atoms with van der Waals surface area (Å²) in [5, 5.41) is 9.76. The lowest BCUT2D eigenvalue weighted by molar-refractivity contribution is -0.125. The second kappa shape index (κ2) is 8.39. The fraction of sp³-hybridized carbons (Fsp3) is 0.227. The topological polar surface area (TPSA) is 109 Å². The van der Waals surface area contributed by atoms with Crippen LogP contribution in [0, 0.1) is 0 Å². The molecule has 2 aromatic heterocycles. The van der Waals surface area contributed by atoms with Gasteiger partial charge in [-0.05, 0) is 35.7 Å². The van der Waals surface area contributed by atoms with Crippen LogP contribution in [0.3, 0.4) is 0 Å². The van der Waals surface area contributed by atoms with Gasteiger partial charge in [-0.25, -0.2) is 14.5 Å². The van der Waals surface area contributed by atoms with Gasteiger partial charge in [0.25, 0.3) is 5.91 Å². The number of carbonyl (C=O) groups excluding carboxylic acids is 3. The monoisotopic (exact) mass is 418 g/mol. The second-order valence-corrected chi connectivity index (χ2v) is 7.49. The molecule has 3 aromatic rings. The predicted octanol–water partition coefficient (Wildman–Crippen LogP) is 2.69. The molecule has 4 rings (SSSR count). The molecule has 1 aromatic carbocycles. The van der Waals surface area contributed by atoms with Gasteiger partial charge in [0.2, 0.25) is 5.91 Å². The van der Waals surface area contributed by atoms with E-state index in [1.807, 2.05) is 32.0 Å². The molecule has 1 fully saturated rings. The number of imide groups is 1. The van der Waals surface area contributed by atoms with E-state index in [9.17, 15) is 14.4 Å². The van der Waals surface area contributed by atoms with Crippen molar-refractivity contribution in [2.75, 3.05) is 11.9 Å². The van der Waals surface area contributed by atoms with E-state index in [1.54, 1.807) is 35.1 Å². The van der Waals surface area contributed by atoms with Crippen LogP contribution in [-0.2, 0) is 11.3 Å². The molecule has 0 bridgehead atoms. The number of urea groups is 1. The van der Waals surface area contributed by atoms with Crippen molar-refractivity contribution in [1.29, 1.82) is 0 Å². The van der Waals surface area contributed by atoms with Gasteiger partial charge < -0.3 is 10.6 Å². The number of carbonyl (C=O) groups is 3. The standard InChI is InChI=1S/C22H22N6O3/c1-14(2)20-17(11-25-28(20)18-8-3-4-9-23-18)21(30)26-16-7-5-6-15(10-16)13-27-19(29)12-24-22(27)31/h3-11,14H,12-13H2,1-2H3,(H,24,31)(H,26,30). The van der Waals surface area contributed by atoms with E-state index in [0.29, 0.717) is 17.1 Å². The van der Waals surface area contributed by atoms with Crippen molar-refractivity contribution in [3.63, 3.8) is 0 Å². The number of hydrogen-bond acceptors (Lipinski definition) is 5. The summed E-state index contributed by atoms with van der Waals surface area (Å²) in [6, 6.07) is 12.2. The first kappa shape index (κ1) is 20.3. The fourth-order valence-corrected chi connectivity index (χ4v) is 3.49. The van der Waals surface area contributed by atoms with Gasteiger partial charge in [0.15, 0.2) is 5.82 Å². The average molecular weight is 418 g/mol. The summed E-state index contributed by atoms with van der Waals surface area (Å²) in [4.78, 5) is 42.1. The number of aromatic nitrogens is 3. The zero-order valence-corrected chi connectivity index (χ0v) is 17.2. The summed E-state index contributed by atoms with van der Waals surface area (Å²) in [6.45, 7) is 4.13. The smallest absolute Gasteiger partial charge is 0.324 e. The van der Waals surface area contributed by atoms with Crippen molar-refractivity contribution in [1.82, 2.24) is 25.0 Å². The van der Waals surface area contributed by atoms with Gasteiger partial charge in [-0.2, -0.15) is 5.10 Å². The Bertz CT molecular complexity index is 1120. The minimum Gasteiger partial charge on any atom is -0.329 e. The van der Waals surface area contributed by atoms with E-state index in [2.05, 4.69) is 20.7 Å². The number of nitrogens with zero attached hydrogens (tertiary/aromatic N) is 4. The molecule has 0 atom stereocenters. The van der Waals surface area contributed by atoms with Gasteiger partial charge in [0.05, 0.1) is 30.5 Å².